The highest BCUT2D eigenvalue weighted by molar-refractivity contribution is 5.56. The molecular weight excluding hydrogens is 253 g/mol. The first-order valence-electron chi connectivity index (χ1n) is 7.70. The Kier molecular flexibility index (Phi) is 3.94. The van der Waals surface area contributed by atoms with Crippen LogP contribution in [0.2, 0.25) is 0 Å². The first kappa shape index (κ1) is 13.8. The van der Waals surface area contributed by atoms with Crippen LogP contribution in [0.1, 0.15) is 37.8 Å². The molecule has 20 heavy (non-hydrogen) atoms. The standard InChI is InChI=1S/C16H24FN3/c1-12(18)16-14(17)5-4-6-15(16)20-10-7-13(11-20)19-8-2-3-9-19/h4-6,12-13H,2-3,7-11,18H2,1H3/t12-,13?/m0/s1. The van der Waals surface area contributed by atoms with E-state index in [1.165, 1.54) is 38.4 Å². The topological polar surface area (TPSA) is 32.5 Å². The molecule has 2 atom stereocenters. The second-order valence-corrected chi connectivity index (χ2v) is 6.09. The molecular formula is C16H24FN3. The Labute approximate surface area is 120 Å². The van der Waals surface area contributed by atoms with E-state index < -0.39 is 0 Å². The van der Waals surface area contributed by atoms with E-state index in [9.17, 15) is 4.39 Å². The Hall–Kier alpha value is -1.13. The van der Waals surface area contributed by atoms with Gasteiger partial charge in [-0.1, -0.05) is 6.07 Å². The highest BCUT2D eigenvalue weighted by atomic mass is 19.1. The predicted octanol–water partition coefficient (Wildman–Crippen LogP) is 2.52. The van der Waals surface area contributed by atoms with Gasteiger partial charge in [0.15, 0.2) is 0 Å². The molecule has 0 bridgehead atoms. The minimum atomic E-state index is -0.267. The van der Waals surface area contributed by atoms with Crippen molar-refractivity contribution in [2.75, 3.05) is 31.1 Å². The second-order valence-electron chi connectivity index (χ2n) is 6.09. The summed E-state index contributed by atoms with van der Waals surface area (Å²) in [7, 11) is 0. The van der Waals surface area contributed by atoms with Gasteiger partial charge in [-0.25, -0.2) is 4.39 Å². The van der Waals surface area contributed by atoms with Crippen LogP contribution in [0.25, 0.3) is 0 Å². The summed E-state index contributed by atoms with van der Waals surface area (Å²) in [4.78, 5) is 4.90. The highest BCUT2D eigenvalue weighted by Gasteiger charge is 2.30. The lowest BCUT2D eigenvalue weighted by Crippen LogP contribution is -2.35. The lowest BCUT2D eigenvalue weighted by Gasteiger charge is -2.26. The van der Waals surface area contributed by atoms with Gasteiger partial charge in [-0.2, -0.15) is 0 Å². The summed E-state index contributed by atoms with van der Waals surface area (Å²) in [5.41, 5.74) is 7.61. The zero-order valence-corrected chi connectivity index (χ0v) is 12.2. The number of benzene rings is 1. The van der Waals surface area contributed by atoms with Gasteiger partial charge in [0.05, 0.1) is 0 Å². The molecule has 0 aliphatic carbocycles. The molecule has 2 aliphatic heterocycles. The molecule has 4 heteroatoms. The van der Waals surface area contributed by atoms with Crippen LogP contribution in [0.4, 0.5) is 10.1 Å². The van der Waals surface area contributed by atoms with Gasteiger partial charge in [-0.3, -0.25) is 4.90 Å². The molecule has 0 saturated carbocycles. The Morgan fingerprint density at radius 1 is 1.25 bits per heavy atom. The molecule has 1 aromatic carbocycles. The Balaban J connectivity index is 1.79. The molecule has 2 aliphatic rings. The van der Waals surface area contributed by atoms with E-state index in [4.69, 9.17) is 5.73 Å². The van der Waals surface area contributed by atoms with E-state index in [1.54, 1.807) is 6.07 Å². The molecule has 0 radical (unpaired) electrons. The number of rotatable bonds is 3. The molecule has 1 aromatic rings. The van der Waals surface area contributed by atoms with E-state index >= 15 is 0 Å². The molecule has 2 saturated heterocycles. The number of nitrogens with zero attached hydrogens (tertiary/aromatic N) is 2. The maximum atomic E-state index is 14.0. The van der Waals surface area contributed by atoms with Crippen molar-refractivity contribution in [2.24, 2.45) is 5.73 Å². The molecule has 0 spiro atoms. The fraction of sp³-hybridized carbons (Fsp3) is 0.625. The van der Waals surface area contributed by atoms with Gasteiger partial charge in [0.25, 0.3) is 0 Å². The van der Waals surface area contributed by atoms with Crippen molar-refractivity contribution in [3.63, 3.8) is 0 Å². The summed E-state index contributed by atoms with van der Waals surface area (Å²) in [6.07, 6.45) is 3.82. The minimum absolute atomic E-state index is 0.179. The van der Waals surface area contributed by atoms with Crippen molar-refractivity contribution in [3.05, 3.63) is 29.6 Å². The van der Waals surface area contributed by atoms with Crippen molar-refractivity contribution < 1.29 is 4.39 Å². The summed E-state index contributed by atoms with van der Waals surface area (Å²) >= 11 is 0. The molecule has 2 heterocycles. The third-order valence-corrected chi connectivity index (χ3v) is 4.65. The Morgan fingerprint density at radius 2 is 2.00 bits per heavy atom. The molecule has 0 aromatic heterocycles. The SMILES string of the molecule is C[C@H](N)c1c(F)cccc1N1CCC(N2CCCC2)C1. The predicted molar refractivity (Wildman–Crippen MR) is 80.4 cm³/mol. The van der Waals surface area contributed by atoms with Crippen molar-refractivity contribution in [1.29, 1.82) is 0 Å². The molecule has 3 rings (SSSR count). The van der Waals surface area contributed by atoms with E-state index in [1.807, 2.05) is 13.0 Å². The van der Waals surface area contributed by atoms with Crippen LogP contribution in [0, 0.1) is 5.82 Å². The minimum Gasteiger partial charge on any atom is -0.370 e. The number of likely N-dealkylation sites (tertiary alicyclic amines) is 1. The largest absolute Gasteiger partial charge is 0.370 e. The van der Waals surface area contributed by atoms with Crippen molar-refractivity contribution in [3.8, 4) is 0 Å². The average molecular weight is 277 g/mol. The number of hydrogen-bond acceptors (Lipinski definition) is 3. The van der Waals surface area contributed by atoms with Gasteiger partial charge in [0, 0.05) is 36.4 Å². The molecule has 2 N–H and O–H groups in total. The smallest absolute Gasteiger partial charge is 0.130 e. The third kappa shape index (κ3) is 2.54. The number of halogens is 1. The zero-order valence-electron chi connectivity index (χ0n) is 12.2. The van der Waals surface area contributed by atoms with Gasteiger partial charge in [0.2, 0.25) is 0 Å². The van der Waals surface area contributed by atoms with E-state index in [0.29, 0.717) is 11.6 Å². The fourth-order valence-corrected chi connectivity index (χ4v) is 3.62. The summed E-state index contributed by atoms with van der Waals surface area (Å²) in [5, 5.41) is 0. The lowest BCUT2D eigenvalue weighted by atomic mass is 10.1. The van der Waals surface area contributed by atoms with E-state index in [0.717, 1.165) is 18.8 Å². The van der Waals surface area contributed by atoms with Crippen LogP contribution in [0.15, 0.2) is 18.2 Å². The summed E-state index contributed by atoms with van der Waals surface area (Å²) in [6, 6.07) is 5.67. The van der Waals surface area contributed by atoms with Gasteiger partial charge in [-0.15, -0.1) is 0 Å². The first-order valence-corrected chi connectivity index (χ1v) is 7.70. The molecule has 110 valence electrons. The monoisotopic (exact) mass is 277 g/mol. The average Bonchev–Trinajstić information content (AvgIpc) is 3.09. The van der Waals surface area contributed by atoms with Gasteiger partial charge in [-0.05, 0) is 51.4 Å². The van der Waals surface area contributed by atoms with Crippen LogP contribution < -0.4 is 10.6 Å². The molecule has 0 amide bonds. The van der Waals surface area contributed by atoms with Crippen LogP contribution in [0.5, 0.6) is 0 Å². The van der Waals surface area contributed by atoms with Gasteiger partial charge >= 0.3 is 0 Å². The summed E-state index contributed by atoms with van der Waals surface area (Å²) in [5.74, 6) is -0.179. The first-order chi connectivity index (χ1) is 9.66. The van der Waals surface area contributed by atoms with Gasteiger partial charge < -0.3 is 10.6 Å². The van der Waals surface area contributed by atoms with Crippen molar-refractivity contribution >= 4 is 5.69 Å². The Bertz CT molecular complexity index is 469. The van der Waals surface area contributed by atoms with Gasteiger partial charge in [0.1, 0.15) is 5.82 Å². The summed E-state index contributed by atoms with van der Waals surface area (Å²) < 4.78 is 14.0. The van der Waals surface area contributed by atoms with Crippen LogP contribution in [-0.4, -0.2) is 37.1 Å². The molecule has 1 unspecified atom stereocenters. The number of hydrogen-bond donors (Lipinski definition) is 1. The van der Waals surface area contributed by atoms with E-state index in [2.05, 4.69) is 9.80 Å². The highest BCUT2D eigenvalue weighted by Crippen LogP contribution is 2.31. The maximum absolute atomic E-state index is 14.0. The van der Waals surface area contributed by atoms with Crippen molar-refractivity contribution in [1.82, 2.24) is 4.90 Å². The van der Waals surface area contributed by atoms with Crippen LogP contribution >= 0.6 is 0 Å². The quantitative estimate of drug-likeness (QED) is 0.921. The second kappa shape index (κ2) is 5.70. The summed E-state index contributed by atoms with van der Waals surface area (Å²) in [6.45, 7) is 6.31. The number of anilines is 1. The van der Waals surface area contributed by atoms with Crippen molar-refractivity contribution in [2.45, 2.75) is 38.3 Å². The maximum Gasteiger partial charge on any atom is 0.130 e. The normalized spacial score (nSPS) is 25.4. The zero-order chi connectivity index (χ0) is 14.1. The number of nitrogens with two attached hydrogens (primary N) is 1. The molecule has 3 nitrogen and oxygen atoms in total. The Morgan fingerprint density at radius 3 is 2.70 bits per heavy atom. The van der Waals surface area contributed by atoms with Crippen LogP contribution in [-0.2, 0) is 0 Å². The van der Waals surface area contributed by atoms with Crippen LogP contribution in [0.3, 0.4) is 0 Å². The fourth-order valence-electron chi connectivity index (χ4n) is 3.62. The molecule has 2 fully saturated rings. The third-order valence-electron chi connectivity index (χ3n) is 4.65. The lowest BCUT2D eigenvalue weighted by molar-refractivity contribution is 0.260. The van der Waals surface area contributed by atoms with E-state index in [-0.39, 0.29) is 11.9 Å².